The first-order valence-corrected chi connectivity index (χ1v) is 10.4. The van der Waals surface area contributed by atoms with Gasteiger partial charge in [0.15, 0.2) is 5.82 Å². The van der Waals surface area contributed by atoms with Crippen LogP contribution < -0.4 is 11.0 Å². The van der Waals surface area contributed by atoms with Crippen LogP contribution in [0.25, 0.3) is 5.65 Å². The van der Waals surface area contributed by atoms with Crippen LogP contribution in [-0.2, 0) is 17.7 Å². The van der Waals surface area contributed by atoms with E-state index in [0.29, 0.717) is 18.0 Å². The fourth-order valence-corrected chi connectivity index (χ4v) is 3.45. The topological polar surface area (TPSA) is 91.5 Å². The largest absolute Gasteiger partial charge is 0.464 e. The van der Waals surface area contributed by atoms with Crippen molar-refractivity contribution in [2.75, 3.05) is 31.7 Å². The van der Waals surface area contributed by atoms with Gasteiger partial charge in [0.25, 0.3) is 0 Å². The van der Waals surface area contributed by atoms with E-state index < -0.39 is 0 Å². The molecule has 9 heteroatoms. The van der Waals surface area contributed by atoms with Crippen molar-refractivity contribution in [2.45, 2.75) is 38.5 Å². The number of anilines is 1. The standard InChI is InChI=1S/C19H28N6O2S/c1-19(2,3)15-11-25-17(22-23-18(25)26)16(21-15)20-8-9-28-12-14-7-6-13(27-14)10-24(4)5/h6-7,11H,8-10,12H2,1-5H3,(H,20,21)(H,23,26). The molecule has 152 valence electrons. The van der Waals surface area contributed by atoms with E-state index in [4.69, 9.17) is 4.42 Å². The quantitative estimate of drug-likeness (QED) is 0.558. The Morgan fingerprint density at radius 2 is 2.04 bits per heavy atom. The summed E-state index contributed by atoms with van der Waals surface area (Å²) in [7, 11) is 4.05. The minimum Gasteiger partial charge on any atom is -0.464 e. The number of aromatic nitrogens is 4. The van der Waals surface area contributed by atoms with Gasteiger partial charge in [-0.3, -0.25) is 0 Å². The Hall–Kier alpha value is -2.26. The van der Waals surface area contributed by atoms with Crippen LogP contribution in [0, 0.1) is 0 Å². The van der Waals surface area contributed by atoms with Crippen molar-refractivity contribution in [3.63, 3.8) is 0 Å². The molecule has 0 spiro atoms. The van der Waals surface area contributed by atoms with Gasteiger partial charge in [0.1, 0.15) is 11.5 Å². The van der Waals surface area contributed by atoms with Gasteiger partial charge >= 0.3 is 5.69 Å². The van der Waals surface area contributed by atoms with E-state index in [1.807, 2.05) is 26.2 Å². The monoisotopic (exact) mass is 404 g/mol. The molecule has 2 N–H and O–H groups in total. The predicted octanol–water partition coefficient (Wildman–Crippen LogP) is 2.72. The highest BCUT2D eigenvalue weighted by atomic mass is 32.2. The Labute approximate surface area is 168 Å². The molecule has 28 heavy (non-hydrogen) atoms. The number of hydrogen-bond acceptors (Lipinski definition) is 7. The molecule has 0 amide bonds. The summed E-state index contributed by atoms with van der Waals surface area (Å²) in [5, 5.41) is 9.90. The minimum atomic E-state index is -0.258. The molecule has 0 aliphatic carbocycles. The van der Waals surface area contributed by atoms with Crippen LogP contribution in [0.3, 0.4) is 0 Å². The summed E-state index contributed by atoms with van der Waals surface area (Å²) < 4.78 is 7.34. The van der Waals surface area contributed by atoms with Crippen molar-refractivity contribution >= 4 is 23.2 Å². The molecule has 0 saturated carbocycles. The molecule has 3 heterocycles. The average molecular weight is 405 g/mol. The smallest absolute Gasteiger partial charge is 0.347 e. The highest BCUT2D eigenvalue weighted by Crippen LogP contribution is 2.23. The van der Waals surface area contributed by atoms with E-state index in [-0.39, 0.29) is 11.1 Å². The van der Waals surface area contributed by atoms with Gasteiger partial charge in [0.05, 0.1) is 18.0 Å². The van der Waals surface area contributed by atoms with Crippen LogP contribution >= 0.6 is 11.8 Å². The van der Waals surface area contributed by atoms with Crippen LogP contribution in [0.4, 0.5) is 5.82 Å². The Bertz CT molecular complexity index is 982. The number of aromatic amines is 1. The van der Waals surface area contributed by atoms with Gasteiger partial charge in [-0.05, 0) is 26.2 Å². The Morgan fingerprint density at radius 1 is 1.29 bits per heavy atom. The predicted molar refractivity (Wildman–Crippen MR) is 113 cm³/mol. The number of thioether (sulfide) groups is 1. The molecule has 0 saturated heterocycles. The maximum atomic E-state index is 12.0. The molecule has 3 aromatic rings. The van der Waals surface area contributed by atoms with E-state index in [0.717, 1.165) is 35.3 Å². The van der Waals surface area contributed by atoms with Crippen molar-refractivity contribution in [2.24, 2.45) is 0 Å². The summed E-state index contributed by atoms with van der Waals surface area (Å²) >= 11 is 1.78. The fraction of sp³-hybridized carbons (Fsp3) is 0.526. The van der Waals surface area contributed by atoms with Crippen molar-refractivity contribution in [3.8, 4) is 0 Å². The lowest BCUT2D eigenvalue weighted by Crippen LogP contribution is -2.20. The van der Waals surface area contributed by atoms with Crippen molar-refractivity contribution in [3.05, 3.63) is 46.0 Å². The lowest BCUT2D eigenvalue weighted by molar-refractivity contribution is 0.344. The van der Waals surface area contributed by atoms with Crippen molar-refractivity contribution < 1.29 is 4.42 Å². The third kappa shape index (κ3) is 4.96. The van der Waals surface area contributed by atoms with E-state index in [2.05, 4.69) is 46.2 Å². The molecule has 0 unspecified atom stereocenters. The maximum Gasteiger partial charge on any atom is 0.347 e. The molecule has 8 nitrogen and oxygen atoms in total. The van der Waals surface area contributed by atoms with Crippen molar-refractivity contribution in [1.29, 1.82) is 0 Å². The first-order valence-electron chi connectivity index (χ1n) is 9.26. The molecular formula is C19H28N6O2S. The number of fused-ring (bicyclic) bond motifs is 1. The molecule has 3 rings (SSSR count). The third-order valence-electron chi connectivity index (χ3n) is 4.14. The van der Waals surface area contributed by atoms with E-state index in [9.17, 15) is 4.79 Å². The first kappa shape index (κ1) is 20.5. The zero-order chi connectivity index (χ0) is 20.3. The summed E-state index contributed by atoms with van der Waals surface area (Å²) in [4.78, 5) is 18.8. The zero-order valence-corrected chi connectivity index (χ0v) is 17.9. The molecule has 0 aliphatic heterocycles. The summed E-state index contributed by atoms with van der Waals surface area (Å²) in [6.07, 6.45) is 1.75. The normalized spacial score (nSPS) is 12.2. The van der Waals surface area contributed by atoms with Gasteiger partial charge in [-0.15, -0.1) is 5.10 Å². The molecular weight excluding hydrogens is 376 g/mol. The van der Waals surface area contributed by atoms with Gasteiger partial charge in [0.2, 0.25) is 5.65 Å². The number of hydrogen-bond donors (Lipinski definition) is 2. The molecule has 0 atom stereocenters. The molecule has 3 aromatic heterocycles. The fourth-order valence-electron chi connectivity index (χ4n) is 2.70. The first-order chi connectivity index (χ1) is 13.2. The van der Waals surface area contributed by atoms with E-state index in [1.165, 1.54) is 4.40 Å². The van der Waals surface area contributed by atoms with Gasteiger partial charge < -0.3 is 14.6 Å². The SMILES string of the molecule is CN(C)Cc1ccc(CSCCNc2nc(C(C)(C)C)cn3c(=O)[nH]nc23)o1. The summed E-state index contributed by atoms with van der Waals surface area (Å²) in [5.41, 5.74) is 0.927. The second-order valence-corrected chi connectivity index (χ2v) is 9.14. The van der Waals surface area contributed by atoms with E-state index >= 15 is 0 Å². The highest BCUT2D eigenvalue weighted by molar-refractivity contribution is 7.98. The molecule has 0 bridgehead atoms. The lowest BCUT2D eigenvalue weighted by atomic mass is 9.93. The zero-order valence-electron chi connectivity index (χ0n) is 17.1. The summed E-state index contributed by atoms with van der Waals surface area (Å²) in [6.45, 7) is 7.73. The second kappa shape index (κ2) is 8.40. The minimum absolute atomic E-state index is 0.167. The molecule has 0 aliphatic rings. The molecule has 0 fully saturated rings. The van der Waals surface area contributed by atoms with Crippen LogP contribution in [0.15, 0.2) is 27.5 Å². The molecule has 0 radical (unpaired) electrons. The number of nitrogens with zero attached hydrogens (tertiary/aromatic N) is 4. The van der Waals surface area contributed by atoms with Gasteiger partial charge in [-0.1, -0.05) is 20.8 Å². The van der Waals surface area contributed by atoms with Crippen LogP contribution in [0.1, 0.15) is 38.0 Å². The van der Waals surface area contributed by atoms with Gasteiger partial charge in [-0.25, -0.2) is 19.3 Å². The lowest BCUT2D eigenvalue weighted by Gasteiger charge is -2.19. The van der Waals surface area contributed by atoms with Crippen LogP contribution in [-0.4, -0.2) is 50.9 Å². The number of nitrogens with one attached hydrogen (secondary N) is 2. The van der Waals surface area contributed by atoms with Crippen LogP contribution in [0.2, 0.25) is 0 Å². The summed E-state index contributed by atoms with van der Waals surface area (Å²) in [5.74, 6) is 4.29. The Morgan fingerprint density at radius 3 is 2.75 bits per heavy atom. The molecule has 0 aromatic carbocycles. The Balaban J connectivity index is 1.58. The number of rotatable bonds is 8. The second-order valence-electron chi connectivity index (χ2n) is 8.03. The van der Waals surface area contributed by atoms with Crippen LogP contribution in [0.5, 0.6) is 0 Å². The maximum absolute atomic E-state index is 12.0. The Kier molecular flexibility index (Phi) is 6.14. The highest BCUT2D eigenvalue weighted by Gasteiger charge is 2.19. The average Bonchev–Trinajstić information content (AvgIpc) is 3.20. The van der Waals surface area contributed by atoms with E-state index in [1.54, 1.807) is 18.0 Å². The van der Waals surface area contributed by atoms with Gasteiger partial charge in [-0.2, -0.15) is 11.8 Å². The number of furan rings is 1. The summed E-state index contributed by atoms with van der Waals surface area (Å²) in [6, 6.07) is 4.06. The third-order valence-corrected chi connectivity index (χ3v) is 5.12. The van der Waals surface area contributed by atoms with Gasteiger partial charge in [0, 0.05) is 23.9 Å². The van der Waals surface area contributed by atoms with Crippen molar-refractivity contribution in [1.82, 2.24) is 24.5 Å². The number of H-pyrrole nitrogens is 1.